The summed E-state index contributed by atoms with van der Waals surface area (Å²) < 4.78 is 16.7. The summed E-state index contributed by atoms with van der Waals surface area (Å²) in [6.45, 7) is 12.3. The van der Waals surface area contributed by atoms with E-state index in [1.165, 1.54) is 0 Å². The molecule has 13 heteroatoms. The Bertz CT molecular complexity index is 1890. The minimum Gasteiger partial charge on any atom is -0.479 e. The molecular formula is C39H47N5O8. The number of carbonyl (C=O) groups is 4. The Balaban J connectivity index is 1.69. The Labute approximate surface area is 303 Å². The van der Waals surface area contributed by atoms with Gasteiger partial charge in [-0.3, -0.25) is 15.3 Å². The van der Waals surface area contributed by atoms with Gasteiger partial charge in [0.2, 0.25) is 0 Å². The maximum atomic E-state index is 13.9. The maximum Gasteiger partial charge on any atom is 0.439 e. The summed E-state index contributed by atoms with van der Waals surface area (Å²) in [6, 6.07) is 17.5. The maximum absolute atomic E-state index is 13.9. The highest BCUT2D eigenvalue weighted by atomic mass is 16.6. The number of aromatic nitrogens is 1. The smallest absolute Gasteiger partial charge is 0.439 e. The molecule has 0 spiro atoms. The molecule has 3 aromatic carbocycles. The van der Waals surface area contributed by atoms with Crippen molar-refractivity contribution < 1.29 is 38.5 Å². The fourth-order valence-corrected chi connectivity index (χ4v) is 5.38. The van der Waals surface area contributed by atoms with Crippen LogP contribution in [-0.2, 0) is 32.0 Å². The van der Waals surface area contributed by atoms with Gasteiger partial charge in [0.1, 0.15) is 11.2 Å². The third-order valence-electron chi connectivity index (χ3n) is 7.56. The van der Waals surface area contributed by atoms with Gasteiger partial charge < -0.3 is 24.6 Å². The van der Waals surface area contributed by atoms with Gasteiger partial charge in [0.15, 0.2) is 6.04 Å². The van der Waals surface area contributed by atoms with Crippen LogP contribution in [0.4, 0.5) is 25.8 Å². The molecule has 4 aromatic rings. The summed E-state index contributed by atoms with van der Waals surface area (Å²) in [5, 5.41) is 19.8. The molecule has 1 aromatic heterocycles. The van der Waals surface area contributed by atoms with Gasteiger partial charge in [-0.2, -0.15) is 0 Å². The first-order chi connectivity index (χ1) is 24.5. The summed E-state index contributed by atoms with van der Waals surface area (Å²) in [4.78, 5) is 57.7. The Kier molecular flexibility index (Phi) is 12.4. The molecule has 1 heterocycles. The number of hydrogen-bond donors (Lipinski definition) is 3. The van der Waals surface area contributed by atoms with Crippen LogP contribution in [0.1, 0.15) is 69.8 Å². The van der Waals surface area contributed by atoms with E-state index in [1.807, 2.05) is 25.2 Å². The zero-order valence-electron chi connectivity index (χ0n) is 30.9. The third kappa shape index (κ3) is 10.7. The van der Waals surface area contributed by atoms with E-state index in [1.54, 1.807) is 109 Å². The molecule has 0 aliphatic rings. The van der Waals surface area contributed by atoms with Crippen molar-refractivity contribution >= 4 is 46.4 Å². The predicted molar refractivity (Wildman–Crippen MR) is 198 cm³/mol. The normalized spacial score (nSPS) is 12.1. The molecule has 3 amide bonds. The van der Waals surface area contributed by atoms with Crippen LogP contribution in [0, 0.1) is 6.92 Å². The number of fused-ring (bicyclic) bond motifs is 1. The highest BCUT2D eigenvalue weighted by Gasteiger charge is 2.42. The second-order valence-electron chi connectivity index (χ2n) is 14.2. The number of ether oxygens (including phenoxy) is 3. The van der Waals surface area contributed by atoms with Gasteiger partial charge in [-0.1, -0.05) is 36.4 Å². The average molecular weight is 714 g/mol. The molecule has 52 heavy (non-hydrogen) atoms. The molecule has 0 radical (unpaired) electrons. The fourth-order valence-electron chi connectivity index (χ4n) is 5.38. The van der Waals surface area contributed by atoms with Crippen molar-refractivity contribution in [2.45, 2.75) is 78.7 Å². The molecule has 0 aliphatic carbocycles. The van der Waals surface area contributed by atoms with Crippen molar-refractivity contribution in [2.75, 3.05) is 24.0 Å². The number of amides is 3. The van der Waals surface area contributed by atoms with Gasteiger partial charge >= 0.3 is 24.2 Å². The van der Waals surface area contributed by atoms with Crippen LogP contribution < -0.4 is 15.6 Å². The number of nitrogens with one attached hydrogen (secondary N) is 2. The molecule has 0 saturated heterocycles. The first-order valence-electron chi connectivity index (χ1n) is 16.8. The van der Waals surface area contributed by atoms with Gasteiger partial charge in [-0.25, -0.2) is 19.2 Å². The molecule has 1 atom stereocenters. The lowest BCUT2D eigenvalue weighted by Gasteiger charge is -2.39. The number of aryl methyl sites for hydroxylation is 1. The van der Waals surface area contributed by atoms with Crippen LogP contribution >= 0.6 is 0 Å². The number of anilines is 2. The van der Waals surface area contributed by atoms with E-state index < -0.39 is 41.5 Å². The fraction of sp³-hybridized carbons (Fsp3) is 0.359. The highest BCUT2D eigenvalue weighted by Crippen LogP contribution is 2.34. The highest BCUT2D eigenvalue weighted by molar-refractivity contribution is 5.94. The number of imide groups is 1. The minimum absolute atomic E-state index is 0.0632. The van der Waals surface area contributed by atoms with Crippen LogP contribution in [0.15, 0.2) is 79.1 Å². The lowest BCUT2D eigenvalue weighted by molar-refractivity contribution is -0.139. The Morgan fingerprint density at radius 2 is 1.56 bits per heavy atom. The number of hydrazine groups is 1. The molecule has 0 bridgehead atoms. The van der Waals surface area contributed by atoms with Crippen molar-refractivity contribution in [3.63, 3.8) is 0 Å². The number of carboxylic acids is 1. The van der Waals surface area contributed by atoms with E-state index in [2.05, 4.69) is 15.6 Å². The molecule has 1 unspecified atom stereocenters. The van der Waals surface area contributed by atoms with E-state index in [9.17, 15) is 24.3 Å². The second-order valence-corrected chi connectivity index (χ2v) is 14.2. The second kappa shape index (κ2) is 16.6. The molecule has 13 nitrogen and oxygen atoms in total. The number of hydrogen-bond acceptors (Lipinski definition) is 10. The van der Waals surface area contributed by atoms with E-state index >= 15 is 0 Å². The van der Waals surface area contributed by atoms with E-state index in [0.29, 0.717) is 34.6 Å². The number of aliphatic carboxylic acids is 1. The van der Waals surface area contributed by atoms with Gasteiger partial charge in [-0.15, -0.1) is 5.01 Å². The van der Waals surface area contributed by atoms with Crippen LogP contribution in [0.3, 0.4) is 0 Å². The topological polar surface area (TPSA) is 160 Å². The monoisotopic (exact) mass is 713 g/mol. The Morgan fingerprint density at radius 1 is 0.865 bits per heavy atom. The molecule has 0 aliphatic heterocycles. The molecule has 0 fully saturated rings. The van der Waals surface area contributed by atoms with Crippen molar-refractivity contribution in [3.8, 4) is 0 Å². The average Bonchev–Trinajstić information content (AvgIpc) is 3.03. The van der Waals surface area contributed by atoms with Crippen molar-refractivity contribution in [3.05, 3.63) is 101 Å². The standard InChI is InChI=1S/C39H47N5O8/c1-25-20-29(13-12-27(25)17-19-50-35(47)42-31-11-9-10-26(21-31)23-40-8)33(34(45)46)43(32-15-14-30-24-41-18-16-28(30)22-32)44(36(48)51-38(2,3)4)37(49)52-39(5,6)7/h9-16,18,20-22,24,33,40H,17,19,23H2,1-8H3,(H,42,47)(H,45,46). The first-order valence-corrected chi connectivity index (χ1v) is 16.8. The number of rotatable bonds is 11. The molecule has 3 N–H and O–H groups in total. The number of nitrogens with zero attached hydrogens (tertiary/aromatic N) is 3. The largest absolute Gasteiger partial charge is 0.479 e. The van der Waals surface area contributed by atoms with Gasteiger partial charge in [0.25, 0.3) is 0 Å². The molecular weight excluding hydrogens is 666 g/mol. The van der Waals surface area contributed by atoms with Gasteiger partial charge in [0, 0.05) is 36.4 Å². The van der Waals surface area contributed by atoms with Crippen molar-refractivity contribution in [1.29, 1.82) is 0 Å². The van der Waals surface area contributed by atoms with Crippen LogP contribution in [0.25, 0.3) is 10.8 Å². The molecule has 0 saturated carbocycles. The summed E-state index contributed by atoms with van der Waals surface area (Å²) in [7, 11) is 1.84. The van der Waals surface area contributed by atoms with Crippen molar-refractivity contribution in [1.82, 2.24) is 15.3 Å². The summed E-state index contributed by atoms with van der Waals surface area (Å²) >= 11 is 0. The van der Waals surface area contributed by atoms with Gasteiger partial charge in [0.05, 0.1) is 12.3 Å². The lowest BCUT2D eigenvalue weighted by atomic mass is 9.98. The number of carboxylic acid groups (broad SMARTS) is 1. The number of carbonyl (C=O) groups excluding carboxylic acids is 3. The van der Waals surface area contributed by atoms with Gasteiger partial charge in [-0.05, 0) is 113 Å². The molecule has 276 valence electrons. The van der Waals surface area contributed by atoms with Crippen LogP contribution in [0.2, 0.25) is 0 Å². The summed E-state index contributed by atoms with van der Waals surface area (Å²) in [6.07, 6.45) is 0.730. The number of pyridine rings is 1. The predicted octanol–water partition coefficient (Wildman–Crippen LogP) is 7.77. The first kappa shape index (κ1) is 39.1. The zero-order chi connectivity index (χ0) is 38.2. The third-order valence-corrected chi connectivity index (χ3v) is 7.56. The summed E-state index contributed by atoms with van der Waals surface area (Å²) in [5.41, 5.74) is 1.52. The van der Waals surface area contributed by atoms with E-state index in [4.69, 9.17) is 14.2 Å². The quantitative estimate of drug-likeness (QED) is 0.103. The Morgan fingerprint density at radius 3 is 2.17 bits per heavy atom. The molecule has 4 rings (SSSR count). The number of benzene rings is 3. The SMILES string of the molecule is CNCc1cccc(NC(=O)OCCc2ccc(C(C(=O)O)N(c3ccc4cnccc4c3)N(C(=O)OC(C)(C)C)C(=O)OC(C)(C)C)cc2C)c1. The Hall–Kier alpha value is -5.69. The van der Waals surface area contributed by atoms with Crippen LogP contribution in [0.5, 0.6) is 0 Å². The zero-order valence-corrected chi connectivity index (χ0v) is 30.9. The minimum atomic E-state index is -1.60. The summed E-state index contributed by atoms with van der Waals surface area (Å²) in [5.74, 6) is -1.35. The van der Waals surface area contributed by atoms with Crippen molar-refractivity contribution in [2.24, 2.45) is 0 Å². The van der Waals surface area contributed by atoms with E-state index in [-0.39, 0.29) is 17.9 Å². The lowest BCUT2D eigenvalue weighted by Crippen LogP contribution is -2.56. The van der Waals surface area contributed by atoms with Crippen LogP contribution in [-0.4, -0.2) is 64.2 Å². The van der Waals surface area contributed by atoms with E-state index in [0.717, 1.165) is 21.5 Å².